The fourth-order valence-corrected chi connectivity index (χ4v) is 3.20. The van der Waals surface area contributed by atoms with Gasteiger partial charge in [0, 0.05) is 18.8 Å². The van der Waals surface area contributed by atoms with Gasteiger partial charge in [-0.2, -0.15) is 0 Å². The van der Waals surface area contributed by atoms with E-state index in [4.69, 9.17) is 0 Å². The molecule has 1 fully saturated rings. The topological polar surface area (TPSA) is 69.7 Å². The first-order chi connectivity index (χ1) is 13.4. The molecule has 2 aromatic rings. The third kappa shape index (κ3) is 3.81. The smallest absolute Gasteiger partial charge is 0.335 e. The maximum Gasteiger partial charge on any atom is 0.335 e. The number of nitrogens with one attached hydrogen (secondary N) is 1. The highest BCUT2D eigenvalue weighted by atomic mass is 16.2. The van der Waals surface area contributed by atoms with Gasteiger partial charge in [-0.05, 0) is 62.2 Å². The van der Waals surface area contributed by atoms with Crippen LogP contribution in [0, 0.1) is 6.92 Å². The molecule has 1 saturated heterocycles. The summed E-state index contributed by atoms with van der Waals surface area (Å²) in [7, 11) is 0. The van der Waals surface area contributed by atoms with Crippen molar-refractivity contribution >= 4 is 35.3 Å². The lowest BCUT2D eigenvalue weighted by Crippen LogP contribution is -2.54. The zero-order valence-corrected chi connectivity index (χ0v) is 16.2. The number of carbonyl (C=O) groups is 3. The molecule has 0 aromatic heterocycles. The van der Waals surface area contributed by atoms with Gasteiger partial charge in [0.1, 0.15) is 5.57 Å². The highest BCUT2D eigenvalue weighted by Gasteiger charge is 2.36. The lowest BCUT2D eigenvalue weighted by Gasteiger charge is -2.26. The minimum Gasteiger partial charge on any atom is -0.372 e. The van der Waals surface area contributed by atoms with Gasteiger partial charge < -0.3 is 4.90 Å². The van der Waals surface area contributed by atoms with Gasteiger partial charge in [0.05, 0.1) is 5.69 Å². The van der Waals surface area contributed by atoms with Crippen molar-refractivity contribution in [3.05, 3.63) is 65.2 Å². The summed E-state index contributed by atoms with van der Waals surface area (Å²) in [5.74, 6) is -1.32. The molecule has 144 valence electrons. The van der Waals surface area contributed by atoms with E-state index in [1.807, 2.05) is 37.3 Å². The van der Waals surface area contributed by atoms with Gasteiger partial charge in [0.15, 0.2) is 0 Å². The van der Waals surface area contributed by atoms with Crippen LogP contribution in [0.3, 0.4) is 0 Å². The van der Waals surface area contributed by atoms with E-state index >= 15 is 0 Å². The summed E-state index contributed by atoms with van der Waals surface area (Å²) >= 11 is 0. The van der Waals surface area contributed by atoms with Crippen molar-refractivity contribution in [3.8, 4) is 0 Å². The Bertz CT molecular complexity index is 944. The number of amides is 4. The molecule has 6 nitrogen and oxygen atoms in total. The van der Waals surface area contributed by atoms with Crippen molar-refractivity contribution in [3.63, 3.8) is 0 Å². The largest absolute Gasteiger partial charge is 0.372 e. The first kappa shape index (κ1) is 19.4. The lowest BCUT2D eigenvalue weighted by molar-refractivity contribution is -0.122. The van der Waals surface area contributed by atoms with E-state index in [9.17, 15) is 14.4 Å². The van der Waals surface area contributed by atoms with Crippen LogP contribution >= 0.6 is 0 Å². The van der Waals surface area contributed by atoms with Crippen LogP contribution in [0.5, 0.6) is 0 Å². The predicted octanol–water partition coefficient (Wildman–Crippen LogP) is 3.51. The summed E-state index contributed by atoms with van der Waals surface area (Å²) in [6, 6.07) is 13.9. The molecule has 2 aromatic carbocycles. The van der Waals surface area contributed by atoms with Crippen molar-refractivity contribution in [2.24, 2.45) is 0 Å². The molecule has 0 atom stereocenters. The summed E-state index contributed by atoms with van der Waals surface area (Å²) in [4.78, 5) is 40.6. The van der Waals surface area contributed by atoms with Crippen LogP contribution in [0.1, 0.15) is 25.0 Å². The molecule has 1 aliphatic rings. The zero-order valence-electron chi connectivity index (χ0n) is 16.2. The Kier molecular flexibility index (Phi) is 5.59. The Hall–Kier alpha value is -3.41. The first-order valence-corrected chi connectivity index (χ1v) is 9.27. The molecule has 1 N–H and O–H groups in total. The van der Waals surface area contributed by atoms with Crippen LogP contribution in [-0.4, -0.2) is 30.9 Å². The summed E-state index contributed by atoms with van der Waals surface area (Å²) in [5, 5.41) is 2.25. The quantitative estimate of drug-likeness (QED) is 0.639. The molecule has 3 rings (SSSR count). The monoisotopic (exact) mass is 377 g/mol. The third-order valence-electron chi connectivity index (χ3n) is 4.69. The van der Waals surface area contributed by atoms with E-state index < -0.39 is 17.8 Å². The number of hydrogen-bond acceptors (Lipinski definition) is 4. The number of carbonyl (C=O) groups excluding carboxylic acids is 3. The predicted molar refractivity (Wildman–Crippen MR) is 110 cm³/mol. The Morgan fingerprint density at radius 1 is 1.00 bits per heavy atom. The standard InChI is InChI=1S/C22H23N3O3/c1-4-24(5-2)17-11-9-16(10-12-17)14-19-20(26)23-22(28)25(21(19)27)18-8-6-7-15(3)13-18/h6-14H,4-5H2,1-3H3,(H,23,26,28)/b19-14-. The van der Waals surface area contributed by atoms with Crippen LogP contribution < -0.4 is 15.1 Å². The normalized spacial score (nSPS) is 15.8. The Labute approximate surface area is 164 Å². The second-order valence-corrected chi connectivity index (χ2v) is 6.56. The number of benzene rings is 2. The number of nitrogens with zero attached hydrogens (tertiary/aromatic N) is 2. The molecule has 28 heavy (non-hydrogen) atoms. The van der Waals surface area contributed by atoms with Crippen molar-refractivity contribution in [1.29, 1.82) is 0 Å². The molecule has 0 aliphatic carbocycles. The third-order valence-corrected chi connectivity index (χ3v) is 4.69. The van der Waals surface area contributed by atoms with Crippen molar-refractivity contribution < 1.29 is 14.4 Å². The molecule has 0 spiro atoms. The van der Waals surface area contributed by atoms with E-state index in [1.165, 1.54) is 6.08 Å². The molecule has 1 heterocycles. The SMILES string of the molecule is CCN(CC)c1ccc(/C=C2/C(=O)NC(=O)N(c3cccc(C)c3)C2=O)cc1. The second kappa shape index (κ2) is 8.08. The van der Waals surface area contributed by atoms with E-state index in [0.29, 0.717) is 11.3 Å². The zero-order chi connectivity index (χ0) is 20.3. The van der Waals surface area contributed by atoms with E-state index in [-0.39, 0.29) is 5.57 Å². The first-order valence-electron chi connectivity index (χ1n) is 9.27. The number of urea groups is 1. The number of hydrogen-bond donors (Lipinski definition) is 1. The number of imide groups is 2. The van der Waals surface area contributed by atoms with E-state index in [1.54, 1.807) is 18.2 Å². The van der Waals surface area contributed by atoms with Gasteiger partial charge in [-0.25, -0.2) is 9.69 Å². The minimum absolute atomic E-state index is 0.0725. The van der Waals surface area contributed by atoms with Gasteiger partial charge in [-0.15, -0.1) is 0 Å². The maximum absolute atomic E-state index is 12.9. The van der Waals surface area contributed by atoms with Crippen molar-refractivity contribution in [2.45, 2.75) is 20.8 Å². The minimum atomic E-state index is -0.741. The van der Waals surface area contributed by atoms with Crippen molar-refractivity contribution in [1.82, 2.24) is 5.32 Å². The van der Waals surface area contributed by atoms with E-state index in [0.717, 1.165) is 29.2 Å². The Morgan fingerprint density at radius 3 is 2.29 bits per heavy atom. The van der Waals surface area contributed by atoms with Gasteiger partial charge in [-0.3, -0.25) is 14.9 Å². The highest BCUT2D eigenvalue weighted by Crippen LogP contribution is 2.23. The van der Waals surface area contributed by atoms with Crippen LogP contribution in [0.2, 0.25) is 0 Å². The second-order valence-electron chi connectivity index (χ2n) is 6.56. The molecule has 4 amide bonds. The molecule has 1 aliphatic heterocycles. The van der Waals surface area contributed by atoms with Crippen LogP contribution in [0.4, 0.5) is 16.2 Å². The average molecular weight is 377 g/mol. The van der Waals surface area contributed by atoms with Gasteiger partial charge >= 0.3 is 6.03 Å². The fraction of sp³-hybridized carbons (Fsp3) is 0.227. The van der Waals surface area contributed by atoms with Crippen LogP contribution in [0.25, 0.3) is 6.08 Å². The molecule has 0 bridgehead atoms. The van der Waals surface area contributed by atoms with E-state index in [2.05, 4.69) is 24.1 Å². The van der Waals surface area contributed by atoms with Crippen molar-refractivity contribution in [2.75, 3.05) is 22.9 Å². The highest BCUT2D eigenvalue weighted by molar-refractivity contribution is 6.39. The number of aryl methyl sites for hydroxylation is 1. The number of barbiturate groups is 1. The lowest BCUT2D eigenvalue weighted by atomic mass is 10.1. The van der Waals surface area contributed by atoms with Crippen LogP contribution in [-0.2, 0) is 9.59 Å². The molecular formula is C22H23N3O3. The molecule has 0 unspecified atom stereocenters. The number of rotatable bonds is 5. The molecule has 6 heteroatoms. The maximum atomic E-state index is 12.9. The molecular weight excluding hydrogens is 354 g/mol. The van der Waals surface area contributed by atoms with Gasteiger partial charge in [0.25, 0.3) is 11.8 Å². The van der Waals surface area contributed by atoms with Crippen LogP contribution in [0.15, 0.2) is 54.1 Å². The summed E-state index contributed by atoms with van der Waals surface area (Å²) in [5.41, 5.74) is 3.05. The fourth-order valence-electron chi connectivity index (χ4n) is 3.20. The van der Waals surface area contributed by atoms with Gasteiger partial charge in [0.2, 0.25) is 0 Å². The molecule has 0 radical (unpaired) electrons. The Morgan fingerprint density at radius 2 is 1.68 bits per heavy atom. The summed E-state index contributed by atoms with van der Waals surface area (Å²) in [6.07, 6.45) is 1.51. The van der Waals surface area contributed by atoms with Gasteiger partial charge in [-0.1, -0.05) is 24.3 Å². The summed E-state index contributed by atoms with van der Waals surface area (Å²) in [6.45, 7) is 7.83. The number of anilines is 2. The summed E-state index contributed by atoms with van der Waals surface area (Å²) < 4.78 is 0. The Balaban J connectivity index is 1.93. The molecule has 0 saturated carbocycles. The average Bonchev–Trinajstić information content (AvgIpc) is 2.67.